The van der Waals surface area contributed by atoms with Crippen molar-refractivity contribution in [1.29, 1.82) is 0 Å². The van der Waals surface area contributed by atoms with Crippen LogP contribution in [0.2, 0.25) is 0 Å². The fourth-order valence-corrected chi connectivity index (χ4v) is 4.24. The van der Waals surface area contributed by atoms with Crippen LogP contribution in [0.15, 0.2) is 61.1 Å². The Morgan fingerprint density at radius 1 is 1.25 bits per heavy atom. The number of rotatable bonds is 6. The van der Waals surface area contributed by atoms with Crippen LogP contribution in [0.4, 0.5) is 10.5 Å². The Bertz CT molecular complexity index is 1400. The van der Waals surface area contributed by atoms with Crippen LogP contribution >= 0.6 is 0 Å². The number of nitrogens with zero attached hydrogens (tertiary/aromatic N) is 4. The summed E-state index contributed by atoms with van der Waals surface area (Å²) in [6.45, 7) is 4.09. The van der Waals surface area contributed by atoms with Gasteiger partial charge in [-0.2, -0.15) is 0 Å². The number of likely N-dealkylation sites (N-methyl/N-ethyl adjacent to an activating group) is 1. The molecule has 3 amide bonds. The van der Waals surface area contributed by atoms with Gasteiger partial charge in [0.25, 0.3) is 5.91 Å². The van der Waals surface area contributed by atoms with Gasteiger partial charge in [-0.25, -0.2) is 9.78 Å². The lowest BCUT2D eigenvalue weighted by molar-refractivity contribution is 0.0356. The monoisotopic (exact) mass is 543 g/mol. The van der Waals surface area contributed by atoms with Crippen molar-refractivity contribution in [1.82, 2.24) is 19.8 Å². The maximum atomic E-state index is 13.6. The number of hydrogen-bond donors (Lipinski definition) is 2. The molecule has 2 aromatic heterocycles. The summed E-state index contributed by atoms with van der Waals surface area (Å²) in [6.07, 6.45) is 4.39. The minimum atomic E-state index is -0.485. The van der Waals surface area contributed by atoms with E-state index in [1.165, 1.54) is 4.90 Å². The van der Waals surface area contributed by atoms with Crippen LogP contribution in [-0.2, 0) is 0 Å². The van der Waals surface area contributed by atoms with E-state index in [1.807, 2.05) is 13.0 Å². The van der Waals surface area contributed by atoms with Crippen molar-refractivity contribution in [3.05, 3.63) is 77.7 Å². The molecule has 3 aromatic rings. The second-order valence-corrected chi connectivity index (χ2v) is 9.73. The Morgan fingerprint density at radius 3 is 2.77 bits per heavy atom. The summed E-state index contributed by atoms with van der Waals surface area (Å²) in [4.78, 5) is 38.2. The number of methoxy groups -OCH3 is 1. The Kier molecular flexibility index (Phi) is 9.19. The van der Waals surface area contributed by atoms with Gasteiger partial charge in [-0.15, -0.1) is 0 Å². The largest absolute Gasteiger partial charge is 0.497 e. The van der Waals surface area contributed by atoms with Crippen LogP contribution in [-0.4, -0.2) is 82.8 Å². The average molecular weight is 544 g/mol. The number of carbonyl (C=O) groups is 2. The number of benzene rings is 1. The SMILES string of the molecule is COc1cccc(NC(=O)N(C)C[C@@H]2Oc3ncc(C#Cc4cccnc4)cc3C(=O)N([C@@H](C)CO)C[C@@H]2C)c1. The topological polar surface area (TPSA) is 117 Å². The second-order valence-electron chi connectivity index (χ2n) is 9.73. The first-order valence-electron chi connectivity index (χ1n) is 13.0. The van der Waals surface area contributed by atoms with Crippen LogP contribution in [0.5, 0.6) is 11.6 Å². The summed E-state index contributed by atoms with van der Waals surface area (Å²) in [5, 5.41) is 12.8. The molecule has 3 atom stereocenters. The highest BCUT2D eigenvalue weighted by atomic mass is 16.5. The molecule has 0 fully saturated rings. The number of anilines is 1. The van der Waals surface area contributed by atoms with Crippen LogP contribution in [0, 0.1) is 17.8 Å². The van der Waals surface area contributed by atoms with Crippen molar-refractivity contribution >= 4 is 17.6 Å². The van der Waals surface area contributed by atoms with E-state index in [0.29, 0.717) is 23.5 Å². The Morgan fingerprint density at radius 2 is 2.05 bits per heavy atom. The molecule has 10 heteroatoms. The fourth-order valence-electron chi connectivity index (χ4n) is 4.24. The molecule has 40 heavy (non-hydrogen) atoms. The molecule has 2 N–H and O–H groups in total. The predicted molar refractivity (Wildman–Crippen MR) is 150 cm³/mol. The lowest BCUT2D eigenvalue weighted by Crippen LogP contribution is -2.50. The van der Waals surface area contributed by atoms with Crippen molar-refractivity contribution in [2.75, 3.05) is 39.2 Å². The van der Waals surface area contributed by atoms with Crippen molar-refractivity contribution in [2.45, 2.75) is 26.0 Å². The highest BCUT2D eigenvalue weighted by Gasteiger charge is 2.34. The van der Waals surface area contributed by atoms with Crippen molar-refractivity contribution in [3.8, 4) is 23.5 Å². The number of urea groups is 1. The van der Waals surface area contributed by atoms with E-state index in [9.17, 15) is 14.7 Å². The number of ether oxygens (including phenoxy) is 2. The normalized spacial score (nSPS) is 17.2. The molecule has 0 unspecified atom stereocenters. The molecular weight excluding hydrogens is 510 g/mol. The zero-order chi connectivity index (χ0) is 28.6. The van der Waals surface area contributed by atoms with E-state index in [1.54, 1.807) is 81.0 Å². The maximum Gasteiger partial charge on any atom is 0.321 e. The molecule has 10 nitrogen and oxygen atoms in total. The summed E-state index contributed by atoms with van der Waals surface area (Å²) >= 11 is 0. The molecule has 4 rings (SSSR count). The van der Waals surface area contributed by atoms with Gasteiger partial charge in [-0.05, 0) is 37.3 Å². The summed E-state index contributed by atoms with van der Waals surface area (Å²) in [5.41, 5.74) is 2.12. The van der Waals surface area contributed by atoms with E-state index in [2.05, 4.69) is 27.1 Å². The van der Waals surface area contributed by atoms with E-state index in [4.69, 9.17) is 9.47 Å². The number of aromatic nitrogens is 2. The number of hydrogen-bond acceptors (Lipinski definition) is 7. The Labute approximate surface area is 234 Å². The first-order chi connectivity index (χ1) is 19.3. The molecule has 0 saturated carbocycles. The summed E-state index contributed by atoms with van der Waals surface area (Å²) in [7, 11) is 3.24. The summed E-state index contributed by atoms with van der Waals surface area (Å²) in [5.74, 6) is 6.36. The molecule has 1 aliphatic rings. The van der Waals surface area contributed by atoms with Gasteiger partial charge in [0, 0.05) is 61.0 Å². The number of aliphatic hydroxyl groups excluding tert-OH is 1. The third-order valence-electron chi connectivity index (χ3n) is 6.66. The number of aliphatic hydroxyl groups is 1. The number of pyridine rings is 2. The Hall–Kier alpha value is -4.62. The molecular formula is C30H33N5O5. The lowest BCUT2D eigenvalue weighted by Gasteiger charge is -2.37. The summed E-state index contributed by atoms with van der Waals surface area (Å²) in [6, 6.07) is 11.6. The molecule has 1 aliphatic heterocycles. The second kappa shape index (κ2) is 13.0. The molecule has 0 bridgehead atoms. The van der Waals surface area contributed by atoms with E-state index in [-0.39, 0.29) is 42.5 Å². The molecule has 3 heterocycles. The van der Waals surface area contributed by atoms with E-state index in [0.717, 1.165) is 5.56 Å². The van der Waals surface area contributed by atoms with Gasteiger partial charge in [0.05, 0.1) is 26.3 Å². The van der Waals surface area contributed by atoms with Crippen molar-refractivity contribution < 1.29 is 24.2 Å². The minimum Gasteiger partial charge on any atom is -0.497 e. The third kappa shape index (κ3) is 6.87. The van der Waals surface area contributed by atoms with Crippen LogP contribution in [0.1, 0.15) is 35.3 Å². The fraction of sp³-hybridized carbons (Fsp3) is 0.333. The average Bonchev–Trinajstić information content (AvgIpc) is 2.98. The highest BCUT2D eigenvalue weighted by Crippen LogP contribution is 2.27. The van der Waals surface area contributed by atoms with Gasteiger partial charge in [-0.3, -0.25) is 9.78 Å². The molecule has 0 aliphatic carbocycles. The third-order valence-corrected chi connectivity index (χ3v) is 6.66. The minimum absolute atomic E-state index is 0.158. The number of amides is 3. The zero-order valence-corrected chi connectivity index (χ0v) is 23.0. The van der Waals surface area contributed by atoms with Gasteiger partial charge in [0.1, 0.15) is 17.4 Å². The standard InChI is InChI=1S/C30H33N5O5/c1-20-17-35(21(2)19-36)29(37)26-13-23(11-10-22-7-6-12-31-15-22)16-32-28(26)40-27(20)18-34(3)30(38)33-24-8-5-9-25(14-24)39-4/h5-9,12-16,20-21,27,36H,17-19H2,1-4H3,(H,33,38)/t20-,21-,27-/m0/s1. The van der Waals surface area contributed by atoms with E-state index < -0.39 is 12.1 Å². The first-order valence-corrected chi connectivity index (χ1v) is 13.0. The van der Waals surface area contributed by atoms with Gasteiger partial charge < -0.3 is 29.7 Å². The molecule has 0 radical (unpaired) electrons. The number of carbonyl (C=O) groups excluding carboxylic acids is 2. The van der Waals surface area contributed by atoms with Gasteiger partial charge in [0.15, 0.2) is 0 Å². The molecule has 1 aromatic carbocycles. The van der Waals surface area contributed by atoms with E-state index >= 15 is 0 Å². The maximum absolute atomic E-state index is 13.6. The summed E-state index contributed by atoms with van der Waals surface area (Å²) < 4.78 is 11.5. The Balaban J connectivity index is 1.59. The first kappa shape index (κ1) is 28.4. The lowest BCUT2D eigenvalue weighted by atomic mass is 10.00. The van der Waals surface area contributed by atoms with Crippen molar-refractivity contribution in [3.63, 3.8) is 0 Å². The molecule has 0 spiro atoms. The van der Waals surface area contributed by atoms with Crippen LogP contribution < -0.4 is 14.8 Å². The quantitative estimate of drug-likeness (QED) is 0.459. The van der Waals surface area contributed by atoms with Gasteiger partial charge in [0.2, 0.25) is 5.88 Å². The van der Waals surface area contributed by atoms with Gasteiger partial charge >= 0.3 is 6.03 Å². The number of nitrogens with one attached hydrogen (secondary N) is 1. The molecule has 0 saturated heterocycles. The number of fused-ring (bicyclic) bond motifs is 1. The zero-order valence-electron chi connectivity index (χ0n) is 23.0. The van der Waals surface area contributed by atoms with Crippen LogP contribution in [0.25, 0.3) is 0 Å². The van der Waals surface area contributed by atoms with Gasteiger partial charge in [-0.1, -0.05) is 24.8 Å². The van der Waals surface area contributed by atoms with Crippen molar-refractivity contribution in [2.24, 2.45) is 5.92 Å². The predicted octanol–water partition coefficient (Wildman–Crippen LogP) is 3.27. The smallest absolute Gasteiger partial charge is 0.321 e. The van der Waals surface area contributed by atoms with Crippen LogP contribution in [0.3, 0.4) is 0 Å². The molecule has 208 valence electrons. The highest BCUT2D eigenvalue weighted by molar-refractivity contribution is 5.97.